The zero-order valence-corrected chi connectivity index (χ0v) is 14.9. The summed E-state index contributed by atoms with van der Waals surface area (Å²) in [5.74, 6) is 1.28. The molecule has 1 aromatic rings. The summed E-state index contributed by atoms with van der Waals surface area (Å²) in [6.07, 6.45) is 2.97. The molecule has 138 valence electrons. The van der Waals surface area contributed by atoms with Gasteiger partial charge in [0.1, 0.15) is 12.3 Å². The van der Waals surface area contributed by atoms with Crippen molar-refractivity contribution < 1.29 is 14.0 Å². The summed E-state index contributed by atoms with van der Waals surface area (Å²) in [5.41, 5.74) is 0. The maximum absolute atomic E-state index is 11.9. The van der Waals surface area contributed by atoms with Gasteiger partial charge in [-0.3, -0.25) is 9.59 Å². The maximum atomic E-state index is 11.9. The normalized spacial score (nSPS) is 17.4. The predicted molar refractivity (Wildman–Crippen MR) is 94.9 cm³/mol. The van der Waals surface area contributed by atoms with Crippen molar-refractivity contribution in [2.24, 2.45) is 4.99 Å². The monoisotopic (exact) mass is 349 g/mol. The molecule has 1 aromatic heterocycles. The van der Waals surface area contributed by atoms with Crippen molar-refractivity contribution in [3.63, 3.8) is 0 Å². The second kappa shape index (κ2) is 9.71. The van der Waals surface area contributed by atoms with Crippen LogP contribution in [0.25, 0.3) is 0 Å². The number of carbonyl (C=O) groups is 2. The lowest BCUT2D eigenvalue weighted by Gasteiger charge is -2.18. The smallest absolute Gasteiger partial charge is 0.242 e. The first-order valence-electron chi connectivity index (χ1n) is 8.74. The summed E-state index contributed by atoms with van der Waals surface area (Å²) < 4.78 is 5.17. The first-order chi connectivity index (χ1) is 12.1. The molecule has 2 amide bonds. The van der Waals surface area contributed by atoms with Crippen LogP contribution in [-0.2, 0) is 16.1 Å². The highest BCUT2D eigenvalue weighted by Crippen LogP contribution is 2.10. The van der Waals surface area contributed by atoms with E-state index in [1.807, 2.05) is 18.7 Å². The van der Waals surface area contributed by atoms with Gasteiger partial charge in [-0.1, -0.05) is 6.92 Å². The van der Waals surface area contributed by atoms with E-state index in [0.29, 0.717) is 37.8 Å². The Morgan fingerprint density at radius 1 is 1.36 bits per heavy atom. The largest absolute Gasteiger partial charge is 0.467 e. The fraction of sp³-hybridized carbons (Fsp3) is 0.588. The molecule has 1 aliphatic rings. The third kappa shape index (κ3) is 6.13. The van der Waals surface area contributed by atoms with Crippen LogP contribution in [0.4, 0.5) is 0 Å². The quantitative estimate of drug-likeness (QED) is 0.491. The Morgan fingerprint density at radius 3 is 2.88 bits per heavy atom. The van der Waals surface area contributed by atoms with Crippen molar-refractivity contribution >= 4 is 17.8 Å². The Hall–Kier alpha value is -2.51. The molecule has 0 bridgehead atoms. The molecule has 8 nitrogen and oxygen atoms in total. The number of hydrogen-bond donors (Lipinski definition) is 3. The zero-order chi connectivity index (χ0) is 18.1. The first-order valence-corrected chi connectivity index (χ1v) is 8.74. The van der Waals surface area contributed by atoms with Crippen LogP contribution in [0.15, 0.2) is 27.8 Å². The van der Waals surface area contributed by atoms with Gasteiger partial charge in [0.15, 0.2) is 5.96 Å². The number of carbonyl (C=O) groups excluding carboxylic acids is 2. The van der Waals surface area contributed by atoms with E-state index in [0.717, 1.165) is 13.0 Å². The molecular formula is C17H27N5O3. The second-order valence-corrected chi connectivity index (χ2v) is 5.87. The van der Waals surface area contributed by atoms with Gasteiger partial charge in [-0.15, -0.1) is 0 Å². The number of amides is 2. The molecule has 25 heavy (non-hydrogen) atoms. The first kappa shape index (κ1) is 18.8. The van der Waals surface area contributed by atoms with Crippen LogP contribution in [0.2, 0.25) is 0 Å². The Bertz CT molecular complexity index is 585. The molecule has 2 heterocycles. The summed E-state index contributed by atoms with van der Waals surface area (Å²) in [4.78, 5) is 29.8. The fourth-order valence-corrected chi connectivity index (χ4v) is 2.65. The predicted octanol–water partition coefficient (Wildman–Crippen LogP) is 0.462. The van der Waals surface area contributed by atoms with Crippen LogP contribution in [0.3, 0.4) is 0 Å². The summed E-state index contributed by atoms with van der Waals surface area (Å²) in [5, 5.41) is 9.18. The molecule has 1 aliphatic heterocycles. The lowest BCUT2D eigenvalue weighted by molar-refractivity contribution is -0.129. The highest BCUT2D eigenvalue weighted by molar-refractivity contribution is 5.85. The third-order valence-electron chi connectivity index (χ3n) is 3.95. The average Bonchev–Trinajstić information content (AvgIpc) is 3.29. The van der Waals surface area contributed by atoms with Crippen LogP contribution < -0.4 is 16.0 Å². The number of nitrogens with zero attached hydrogens (tertiary/aromatic N) is 2. The van der Waals surface area contributed by atoms with Crippen molar-refractivity contribution in [2.75, 3.05) is 26.2 Å². The number of likely N-dealkylation sites (tertiary alicyclic amines) is 1. The molecule has 3 N–H and O–H groups in total. The Labute approximate surface area is 148 Å². The molecule has 0 aliphatic carbocycles. The molecule has 2 rings (SSSR count). The van der Waals surface area contributed by atoms with E-state index in [2.05, 4.69) is 20.9 Å². The summed E-state index contributed by atoms with van der Waals surface area (Å²) in [6, 6.07) is 3.74. The molecule has 1 fully saturated rings. The van der Waals surface area contributed by atoms with Gasteiger partial charge in [0, 0.05) is 32.1 Å². The Balaban J connectivity index is 1.79. The van der Waals surface area contributed by atoms with E-state index in [-0.39, 0.29) is 24.4 Å². The van der Waals surface area contributed by atoms with Crippen LogP contribution in [0.1, 0.15) is 32.4 Å². The van der Waals surface area contributed by atoms with Gasteiger partial charge < -0.3 is 25.3 Å². The van der Waals surface area contributed by atoms with Crippen LogP contribution >= 0.6 is 0 Å². The zero-order valence-electron chi connectivity index (χ0n) is 14.9. The number of furan rings is 1. The number of hydrogen-bond acceptors (Lipinski definition) is 4. The molecular weight excluding hydrogens is 322 g/mol. The summed E-state index contributed by atoms with van der Waals surface area (Å²) in [7, 11) is 0. The lowest BCUT2D eigenvalue weighted by atomic mass is 10.3. The van der Waals surface area contributed by atoms with Crippen LogP contribution in [0, 0.1) is 0 Å². The van der Waals surface area contributed by atoms with Crippen molar-refractivity contribution in [3.8, 4) is 0 Å². The highest BCUT2D eigenvalue weighted by atomic mass is 16.3. The molecule has 0 aromatic carbocycles. The van der Waals surface area contributed by atoms with Crippen molar-refractivity contribution in [3.05, 3.63) is 24.2 Å². The van der Waals surface area contributed by atoms with E-state index in [9.17, 15) is 9.59 Å². The Kier molecular flexibility index (Phi) is 7.31. The summed E-state index contributed by atoms with van der Waals surface area (Å²) >= 11 is 0. The second-order valence-electron chi connectivity index (χ2n) is 5.87. The van der Waals surface area contributed by atoms with E-state index in [4.69, 9.17) is 4.42 Å². The van der Waals surface area contributed by atoms with Crippen LogP contribution in [0.5, 0.6) is 0 Å². The van der Waals surface area contributed by atoms with Crippen molar-refractivity contribution in [1.29, 1.82) is 0 Å². The molecule has 0 radical (unpaired) electrons. The molecule has 8 heteroatoms. The fourth-order valence-electron chi connectivity index (χ4n) is 2.65. The molecule has 0 saturated carbocycles. The van der Waals surface area contributed by atoms with E-state index >= 15 is 0 Å². The lowest BCUT2D eigenvalue weighted by Crippen LogP contribution is -2.45. The van der Waals surface area contributed by atoms with Gasteiger partial charge in [0.05, 0.1) is 12.8 Å². The minimum absolute atomic E-state index is 0.0281. The summed E-state index contributed by atoms with van der Waals surface area (Å²) in [6.45, 7) is 6.34. The molecule has 1 unspecified atom stereocenters. The number of nitrogens with one attached hydrogen (secondary N) is 3. The highest BCUT2D eigenvalue weighted by Gasteiger charge is 2.25. The Morgan fingerprint density at radius 2 is 2.20 bits per heavy atom. The minimum atomic E-state index is -0.178. The number of guanidine groups is 1. The maximum Gasteiger partial charge on any atom is 0.242 e. The molecule has 0 spiro atoms. The van der Waals surface area contributed by atoms with Gasteiger partial charge in [-0.05, 0) is 25.5 Å². The standard InChI is InChI=1S/C17H27N5O3/c1-3-16(24)22-8-7-13(12-22)21-17(18-4-2)20-11-15(23)19-10-14-6-5-9-25-14/h5-6,9,13H,3-4,7-8,10-12H2,1-2H3,(H,19,23)(H2,18,20,21). The van der Waals surface area contributed by atoms with E-state index in [1.165, 1.54) is 0 Å². The van der Waals surface area contributed by atoms with Gasteiger partial charge in [0.25, 0.3) is 0 Å². The topological polar surface area (TPSA) is 99.0 Å². The number of aliphatic imine (C=N–C) groups is 1. The van der Waals surface area contributed by atoms with E-state index in [1.54, 1.807) is 18.4 Å². The average molecular weight is 349 g/mol. The minimum Gasteiger partial charge on any atom is -0.467 e. The third-order valence-corrected chi connectivity index (χ3v) is 3.95. The van der Waals surface area contributed by atoms with Gasteiger partial charge in [-0.2, -0.15) is 0 Å². The SMILES string of the molecule is CCNC(=NCC(=O)NCc1ccco1)NC1CCN(C(=O)CC)C1. The van der Waals surface area contributed by atoms with Crippen molar-refractivity contribution in [2.45, 2.75) is 39.3 Å². The molecule has 1 atom stereocenters. The van der Waals surface area contributed by atoms with Crippen LogP contribution in [-0.4, -0.2) is 54.9 Å². The van der Waals surface area contributed by atoms with Gasteiger partial charge in [-0.25, -0.2) is 4.99 Å². The number of rotatable bonds is 7. The van der Waals surface area contributed by atoms with Gasteiger partial charge in [0.2, 0.25) is 11.8 Å². The van der Waals surface area contributed by atoms with Gasteiger partial charge >= 0.3 is 0 Å². The molecule has 1 saturated heterocycles. The van der Waals surface area contributed by atoms with Crippen molar-refractivity contribution in [1.82, 2.24) is 20.9 Å². The van der Waals surface area contributed by atoms with E-state index < -0.39 is 0 Å².